The molecule has 1 aromatic heterocycles. The Bertz CT molecular complexity index is 2290. The van der Waals surface area contributed by atoms with Crippen LogP contribution in [0.5, 0.6) is 11.5 Å². The quantitative estimate of drug-likeness (QED) is 0.178. The summed E-state index contributed by atoms with van der Waals surface area (Å²) in [5.74, 6) is 1.69. The summed E-state index contributed by atoms with van der Waals surface area (Å²) in [7, 11) is 0. The smallest absolute Gasteiger partial charge is 0.180 e. The van der Waals surface area contributed by atoms with Gasteiger partial charge in [0.1, 0.15) is 13.2 Å². The van der Waals surface area contributed by atoms with E-state index in [-0.39, 0.29) is 5.41 Å². The number of nitrogens with zero attached hydrogens (tertiary/aromatic N) is 1. The Hall–Kier alpha value is -5.58. The second kappa shape index (κ2) is 11.8. The highest BCUT2D eigenvalue weighted by atomic mass is 32.1. The molecule has 1 aliphatic heterocycles. The first-order chi connectivity index (χ1) is 24.1. The molecular weight excluding hydrogens is 619 g/mol. The first-order valence-electron chi connectivity index (χ1n) is 16.8. The van der Waals surface area contributed by atoms with E-state index in [2.05, 4.69) is 164 Å². The summed E-state index contributed by atoms with van der Waals surface area (Å²) in [4.78, 5) is 4.57. The van der Waals surface area contributed by atoms with Crippen LogP contribution in [0, 0.1) is 0 Å². The lowest BCUT2D eigenvalue weighted by Crippen LogP contribution is -2.16. The van der Waals surface area contributed by atoms with Crippen LogP contribution in [-0.2, 0) is 5.41 Å². The number of benzene rings is 6. The van der Waals surface area contributed by atoms with Gasteiger partial charge in [0.25, 0.3) is 0 Å². The molecule has 49 heavy (non-hydrogen) atoms. The average Bonchev–Trinajstić information content (AvgIpc) is 3.66. The van der Waals surface area contributed by atoms with Crippen LogP contribution in [0.4, 0.5) is 17.1 Å². The van der Waals surface area contributed by atoms with Crippen molar-refractivity contribution in [2.24, 2.45) is 0 Å². The Balaban J connectivity index is 1.14. The molecule has 4 heteroatoms. The molecule has 1 aliphatic carbocycles. The highest BCUT2D eigenvalue weighted by molar-refractivity contribution is 7.19. The number of hydrogen-bond acceptors (Lipinski definition) is 4. The van der Waals surface area contributed by atoms with E-state index in [1.807, 2.05) is 6.07 Å². The zero-order chi connectivity index (χ0) is 33.0. The van der Waals surface area contributed by atoms with Crippen molar-refractivity contribution in [2.75, 3.05) is 18.1 Å². The fraction of sp³-hybridized carbons (Fsp3) is 0.111. The standard InChI is InChI=1S/C45H35NO2S/c1-45(2)39-16-10-9-15-37(39)38-26-25-36(29-40(38)45)46(34-21-17-31(18-22-34)30-11-5-3-6-12-30)35-23-19-33(20-24-35)44-42-41(47-27-28-48-42)43(49-44)32-13-7-4-8-14-32/h3-26,29H,27-28H2,1-2H3. The third-order valence-corrected chi connectivity index (χ3v) is 11.1. The predicted molar refractivity (Wildman–Crippen MR) is 204 cm³/mol. The predicted octanol–water partition coefficient (Wildman–Crippen LogP) is 12.3. The summed E-state index contributed by atoms with van der Waals surface area (Å²) in [6.45, 7) is 5.79. The van der Waals surface area contributed by atoms with Crippen LogP contribution in [0.1, 0.15) is 25.0 Å². The Morgan fingerprint density at radius 3 is 1.57 bits per heavy atom. The third kappa shape index (κ3) is 5.03. The number of fused-ring (bicyclic) bond motifs is 4. The van der Waals surface area contributed by atoms with Crippen molar-refractivity contribution in [1.82, 2.24) is 0 Å². The largest absolute Gasteiger partial charge is 0.485 e. The number of hydrogen-bond donors (Lipinski definition) is 0. The van der Waals surface area contributed by atoms with Crippen LogP contribution < -0.4 is 14.4 Å². The van der Waals surface area contributed by atoms with Crippen LogP contribution >= 0.6 is 11.3 Å². The SMILES string of the molecule is CC1(C)c2ccccc2-c2ccc(N(c3ccc(-c4ccccc4)cc3)c3ccc(-c4sc(-c5ccccc5)c5c4OCCO5)cc3)cc21. The monoisotopic (exact) mass is 653 g/mol. The van der Waals surface area contributed by atoms with Gasteiger partial charge < -0.3 is 14.4 Å². The Morgan fingerprint density at radius 1 is 0.469 bits per heavy atom. The van der Waals surface area contributed by atoms with E-state index in [1.54, 1.807) is 11.3 Å². The second-order valence-electron chi connectivity index (χ2n) is 13.2. The minimum absolute atomic E-state index is 0.0918. The molecule has 7 aromatic rings. The van der Waals surface area contributed by atoms with Crippen molar-refractivity contribution >= 4 is 28.4 Å². The first kappa shape index (κ1) is 29.6. The van der Waals surface area contributed by atoms with Crippen molar-refractivity contribution in [3.8, 4) is 54.6 Å². The van der Waals surface area contributed by atoms with Gasteiger partial charge in [-0.05, 0) is 80.9 Å². The lowest BCUT2D eigenvalue weighted by atomic mass is 9.82. The minimum atomic E-state index is -0.0918. The second-order valence-corrected chi connectivity index (χ2v) is 14.2. The van der Waals surface area contributed by atoms with Crippen LogP contribution in [0.15, 0.2) is 152 Å². The van der Waals surface area contributed by atoms with E-state index in [0.717, 1.165) is 49.4 Å². The zero-order valence-electron chi connectivity index (χ0n) is 27.5. The average molecular weight is 654 g/mol. The maximum Gasteiger partial charge on any atom is 0.180 e. The van der Waals surface area contributed by atoms with E-state index in [4.69, 9.17) is 9.47 Å². The van der Waals surface area contributed by atoms with Gasteiger partial charge in [0.2, 0.25) is 0 Å². The van der Waals surface area contributed by atoms with Crippen molar-refractivity contribution < 1.29 is 9.47 Å². The zero-order valence-corrected chi connectivity index (χ0v) is 28.3. The van der Waals surface area contributed by atoms with Crippen LogP contribution in [-0.4, -0.2) is 13.2 Å². The maximum absolute atomic E-state index is 6.24. The van der Waals surface area contributed by atoms with Gasteiger partial charge in [-0.15, -0.1) is 11.3 Å². The Labute approximate surface area is 291 Å². The highest BCUT2D eigenvalue weighted by Crippen LogP contribution is 2.54. The molecule has 0 spiro atoms. The topological polar surface area (TPSA) is 21.7 Å². The highest BCUT2D eigenvalue weighted by Gasteiger charge is 2.35. The molecule has 2 aliphatic rings. The molecule has 0 saturated carbocycles. The Kier molecular flexibility index (Phi) is 7.14. The lowest BCUT2D eigenvalue weighted by Gasteiger charge is -2.28. The molecule has 0 saturated heterocycles. The fourth-order valence-corrected chi connectivity index (χ4v) is 8.59. The number of ether oxygens (including phenoxy) is 2. The molecule has 0 amide bonds. The van der Waals surface area contributed by atoms with Gasteiger partial charge in [0.15, 0.2) is 11.5 Å². The van der Waals surface area contributed by atoms with Gasteiger partial charge in [0.05, 0.1) is 9.75 Å². The van der Waals surface area contributed by atoms with E-state index in [0.29, 0.717) is 13.2 Å². The molecule has 2 heterocycles. The summed E-state index contributed by atoms with van der Waals surface area (Å²) in [6, 6.07) is 54.6. The molecule has 0 radical (unpaired) electrons. The van der Waals surface area contributed by atoms with Crippen LogP contribution in [0.3, 0.4) is 0 Å². The van der Waals surface area contributed by atoms with Crippen molar-refractivity contribution in [3.63, 3.8) is 0 Å². The molecular formula is C45H35NO2S. The molecule has 0 N–H and O–H groups in total. The molecule has 0 unspecified atom stereocenters. The Morgan fingerprint density at radius 2 is 0.939 bits per heavy atom. The summed E-state index contributed by atoms with van der Waals surface area (Å²) in [5.41, 5.74) is 13.3. The molecule has 9 rings (SSSR count). The summed E-state index contributed by atoms with van der Waals surface area (Å²) >= 11 is 1.73. The number of anilines is 3. The van der Waals surface area contributed by atoms with Crippen molar-refractivity contribution in [2.45, 2.75) is 19.3 Å². The van der Waals surface area contributed by atoms with E-state index < -0.39 is 0 Å². The summed E-state index contributed by atoms with van der Waals surface area (Å²) < 4.78 is 12.4. The van der Waals surface area contributed by atoms with Gasteiger partial charge in [0, 0.05) is 22.5 Å². The van der Waals surface area contributed by atoms with Gasteiger partial charge in [-0.25, -0.2) is 0 Å². The molecule has 0 bridgehead atoms. The van der Waals surface area contributed by atoms with Crippen molar-refractivity contribution in [1.29, 1.82) is 0 Å². The van der Waals surface area contributed by atoms with Gasteiger partial charge in [-0.2, -0.15) is 0 Å². The molecule has 238 valence electrons. The van der Waals surface area contributed by atoms with E-state index in [9.17, 15) is 0 Å². The van der Waals surface area contributed by atoms with E-state index in [1.165, 1.54) is 33.4 Å². The maximum atomic E-state index is 6.24. The van der Waals surface area contributed by atoms with Gasteiger partial charge in [-0.1, -0.05) is 129 Å². The number of rotatable bonds is 6. The molecule has 3 nitrogen and oxygen atoms in total. The molecule has 0 atom stereocenters. The van der Waals surface area contributed by atoms with Crippen LogP contribution in [0.25, 0.3) is 43.1 Å². The number of thiophene rings is 1. The van der Waals surface area contributed by atoms with Gasteiger partial charge in [-0.3, -0.25) is 0 Å². The fourth-order valence-electron chi connectivity index (χ4n) is 7.39. The normalized spacial score (nSPS) is 13.8. The third-order valence-electron chi connectivity index (χ3n) is 9.88. The summed E-state index contributed by atoms with van der Waals surface area (Å²) in [6.07, 6.45) is 0. The van der Waals surface area contributed by atoms with E-state index >= 15 is 0 Å². The minimum Gasteiger partial charge on any atom is -0.485 e. The first-order valence-corrected chi connectivity index (χ1v) is 17.7. The van der Waals surface area contributed by atoms with Crippen LogP contribution in [0.2, 0.25) is 0 Å². The van der Waals surface area contributed by atoms with Crippen molar-refractivity contribution in [3.05, 3.63) is 163 Å². The lowest BCUT2D eigenvalue weighted by molar-refractivity contribution is 0.175. The summed E-state index contributed by atoms with van der Waals surface area (Å²) in [5, 5.41) is 0. The molecule has 6 aromatic carbocycles. The van der Waals surface area contributed by atoms with Gasteiger partial charge >= 0.3 is 0 Å². The molecule has 0 fully saturated rings.